The zero-order valence-electron chi connectivity index (χ0n) is 14.8. The number of nitrogens with zero attached hydrogens (tertiary/aromatic N) is 2. The van der Waals surface area contributed by atoms with Crippen LogP contribution in [0.15, 0.2) is 53.0 Å². The second-order valence-electron chi connectivity index (χ2n) is 6.19. The Morgan fingerprint density at radius 2 is 1.70 bits per heavy atom. The molecule has 0 aliphatic carbocycles. The Morgan fingerprint density at radius 3 is 2.33 bits per heavy atom. The Bertz CT molecular complexity index is 683. The lowest BCUT2D eigenvalue weighted by Gasteiger charge is -2.36. The van der Waals surface area contributed by atoms with Crippen LogP contribution in [0, 0.1) is 0 Å². The van der Waals surface area contributed by atoms with Gasteiger partial charge in [-0.1, -0.05) is 33.6 Å². The fourth-order valence-corrected chi connectivity index (χ4v) is 3.38. The number of hydrogen-bond acceptors (Lipinski definition) is 4. The number of halogens is 4. The highest BCUT2D eigenvalue weighted by atomic mass is 79.9. The summed E-state index contributed by atoms with van der Waals surface area (Å²) in [5.41, 5.74) is 1.16. The largest absolute Gasteiger partial charge is 0.491 e. The molecule has 27 heavy (non-hydrogen) atoms. The van der Waals surface area contributed by atoms with Crippen LogP contribution < -0.4 is 9.64 Å². The van der Waals surface area contributed by atoms with Gasteiger partial charge in [0.25, 0.3) is 0 Å². The normalized spacial score (nSPS) is 15.4. The Labute approximate surface area is 186 Å². The molecule has 1 unspecified atom stereocenters. The molecule has 1 atom stereocenters. The van der Waals surface area contributed by atoms with Gasteiger partial charge in [-0.3, -0.25) is 4.90 Å². The van der Waals surface area contributed by atoms with Crippen molar-refractivity contribution in [2.24, 2.45) is 0 Å². The molecule has 0 saturated carbocycles. The summed E-state index contributed by atoms with van der Waals surface area (Å²) in [6.07, 6.45) is -0.499. The van der Waals surface area contributed by atoms with Gasteiger partial charge in [0.2, 0.25) is 0 Å². The minimum absolute atomic E-state index is 0. The molecule has 3 rings (SSSR count). The highest BCUT2D eigenvalue weighted by molar-refractivity contribution is 9.10. The van der Waals surface area contributed by atoms with Crippen molar-refractivity contribution in [3.05, 3.63) is 58.0 Å². The second-order valence-corrected chi connectivity index (χ2v) is 7.54. The maximum absolute atomic E-state index is 10.2. The van der Waals surface area contributed by atoms with E-state index in [1.54, 1.807) is 0 Å². The van der Waals surface area contributed by atoms with Gasteiger partial charge in [0.05, 0.1) is 0 Å². The molecular weight excluding hydrogens is 474 g/mol. The van der Waals surface area contributed by atoms with Gasteiger partial charge >= 0.3 is 0 Å². The van der Waals surface area contributed by atoms with Crippen LogP contribution in [-0.4, -0.2) is 55.4 Å². The summed E-state index contributed by atoms with van der Waals surface area (Å²) >= 11 is 9.46. The van der Waals surface area contributed by atoms with Crippen molar-refractivity contribution in [1.82, 2.24) is 4.90 Å². The molecule has 1 aliphatic rings. The first-order valence-corrected chi connectivity index (χ1v) is 9.56. The van der Waals surface area contributed by atoms with E-state index in [1.165, 1.54) is 0 Å². The first-order valence-electron chi connectivity index (χ1n) is 8.39. The third kappa shape index (κ3) is 7.68. The van der Waals surface area contributed by atoms with E-state index >= 15 is 0 Å². The van der Waals surface area contributed by atoms with Crippen LogP contribution in [0.5, 0.6) is 5.75 Å². The smallest absolute Gasteiger partial charge is 0.119 e. The molecule has 0 radical (unpaired) electrons. The number of benzene rings is 2. The standard InChI is InChI=1S/C19H22BrClN2O2.2ClH/c20-15-4-6-19(7-5-15)25-14-18(24)13-22-8-10-23(11-9-22)17-3-1-2-16(21)12-17;;/h1-7,12,18,24H,8-11,13-14H2;2*1H. The van der Waals surface area contributed by atoms with Crippen molar-refractivity contribution in [1.29, 1.82) is 0 Å². The first-order chi connectivity index (χ1) is 12.1. The molecule has 8 heteroatoms. The number of anilines is 1. The maximum atomic E-state index is 10.2. The van der Waals surface area contributed by atoms with Crippen LogP contribution in [-0.2, 0) is 0 Å². The summed E-state index contributed by atoms with van der Waals surface area (Å²) in [5.74, 6) is 0.771. The van der Waals surface area contributed by atoms with E-state index in [0.29, 0.717) is 13.2 Å². The molecule has 1 aliphatic heterocycles. The van der Waals surface area contributed by atoms with Gasteiger partial charge in [0, 0.05) is 47.9 Å². The number of aliphatic hydroxyl groups excluding tert-OH is 1. The van der Waals surface area contributed by atoms with Gasteiger partial charge in [-0.15, -0.1) is 24.8 Å². The SMILES string of the molecule is Cl.Cl.OC(COc1ccc(Br)cc1)CN1CCN(c2cccc(Cl)c2)CC1. The summed E-state index contributed by atoms with van der Waals surface area (Å²) < 4.78 is 6.66. The molecule has 0 aromatic heterocycles. The van der Waals surface area contributed by atoms with Crippen LogP contribution in [0.4, 0.5) is 5.69 Å². The predicted molar refractivity (Wildman–Crippen MR) is 120 cm³/mol. The third-order valence-electron chi connectivity index (χ3n) is 4.27. The number of rotatable bonds is 6. The fraction of sp³-hybridized carbons (Fsp3) is 0.368. The number of hydrogen-bond donors (Lipinski definition) is 1. The summed E-state index contributed by atoms with van der Waals surface area (Å²) in [6.45, 7) is 4.63. The lowest BCUT2D eigenvalue weighted by Crippen LogP contribution is -2.49. The highest BCUT2D eigenvalue weighted by Gasteiger charge is 2.19. The van der Waals surface area contributed by atoms with Crippen molar-refractivity contribution in [3.63, 3.8) is 0 Å². The van der Waals surface area contributed by atoms with Crippen LogP contribution in [0.2, 0.25) is 5.02 Å². The summed E-state index contributed by atoms with van der Waals surface area (Å²) in [7, 11) is 0. The summed E-state index contributed by atoms with van der Waals surface area (Å²) in [4.78, 5) is 4.60. The average Bonchev–Trinajstić information content (AvgIpc) is 2.62. The van der Waals surface area contributed by atoms with E-state index in [1.807, 2.05) is 42.5 Å². The monoisotopic (exact) mass is 496 g/mol. The molecule has 2 aromatic carbocycles. The van der Waals surface area contributed by atoms with Gasteiger partial charge < -0.3 is 14.7 Å². The zero-order chi connectivity index (χ0) is 17.6. The molecular formula is C19H24BrCl3N2O2. The molecule has 1 N–H and O–H groups in total. The predicted octanol–water partition coefficient (Wildman–Crippen LogP) is 4.51. The van der Waals surface area contributed by atoms with Crippen molar-refractivity contribution in [2.45, 2.75) is 6.10 Å². The molecule has 0 amide bonds. The number of ether oxygens (including phenoxy) is 1. The Balaban J connectivity index is 0.00000182. The van der Waals surface area contributed by atoms with Gasteiger partial charge in [-0.2, -0.15) is 0 Å². The number of piperazine rings is 1. The van der Waals surface area contributed by atoms with Crippen LogP contribution in [0.1, 0.15) is 0 Å². The van der Waals surface area contributed by atoms with Crippen molar-refractivity contribution in [2.75, 3.05) is 44.2 Å². The molecule has 4 nitrogen and oxygen atoms in total. The van der Waals surface area contributed by atoms with Gasteiger partial charge in [0.15, 0.2) is 0 Å². The Hall–Kier alpha value is -0.690. The lowest BCUT2D eigenvalue weighted by molar-refractivity contribution is 0.0663. The van der Waals surface area contributed by atoms with E-state index in [9.17, 15) is 5.11 Å². The van der Waals surface area contributed by atoms with Crippen molar-refractivity contribution in [3.8, 4) is 5.75 Å². The van der Waals surface area contributed by atoms with E-state index in [2.05, 4.69) is 31.8 Å². The average molecular weight is 499 g/mol. The first kappa shape index (κ1) is 24.3. The molecule has 0 spiro atoms. The van der Waals surface area contributed by atoms with E-state index in [4.69, 9.17) is 16.3 Å². The molecule has 1 saturated heterocycles. The fourth-order valence-electron chi connectivity index (χ4n) is 2.94. The Kier molecular flexibility index (Phi) is 10.8. The van der Waals surface area contributed by atoms with E-state index in [-0.39, 0.29) is 24.8 Å². The minimum Gasteiger partial charge on any atom is -0.491 e. The van der Waals surface area contributed by atoms with Crippen molar-refractivity contribution < 1.29 is 9.84 Å². The van der Waals surface area contributed by atoms with E-state index in [0.717, 1.165) is 47.1 Å². The number of β-amino-alcohol motifs (C(OH)–C–C–N with tert-alkyl or cyclic N) is 1. The van der Waals surface area contributed by atoms with Crippen LogP contribution in [0.3, 0.4) is 0 Å². The Morgan fingerprint density at radius 1 is 1.04 bits per heavy atom. The molecule has 2 aromatic rings. The van der Waals surface area contributed by atoms with Gasteiger partial charge in [0.1, 0.15) is 18.5 Å². The minimum atomic E-state index is -0.499. The van der Waals surface area contributed by atoms with E-state index < -0.39 is 6.10 Å². The summed E-state index contributed by atoms with van der Waals surface area (Å²) in [5, 5.41) is 11.0. The van der Waals surface area contributed by atoms with Crippen LogP contribution in [0.25, 0.3) is 0 Å². The number of aliphatic hydroxyl groups is 1. The third-order valence-corrected chi connectivity index (χ3v) is 5.03. The zero-order valence-corrected chi connectivity index (χ0v) is 18.7. The topological polar surface area (TPSA) is 35.9 Å². The summed E-state index contributed by atoms with van der Waals surface area (Å²) in [6, 6.07) is 15.6. The molecule has 0 bridgehead atoms. The molecule has 1 heterocycles. The quantitative estimate of drug-likeness (QED) is 0.636. The molecule has 1 fully saturated rings. The maximum Gasteiger partial charge on any atom is 0.119 e. The van der Waals surface area contributed by atoms with Crippen LogP contribution >= 0.6 is 52.3 Å². The highest BCUT2D eigenvalue weighted by Crippen LogP contribution is 2.21. The molecule has 150 valence electrons. The second kappa shape index (κ2) is 12.0. The van der Waals surface area contributed by atoms with Gasteiger partial charge in [-0.25, -0.2) is 0 Å². The lowest BCUT2D eigenvalue weighted by atomic mass is 10.2. The van der Waals surface area contributed by atoms with Crippen molar-refractivity contribution >= 4 is 58.0 Å². The van der Waals surface area contributed by atoms with Gasteiger partial charge in [-0.05, 0) is 42.5 Å².